The first-order valence-electron chi connectivity index (χ1n) is 9.43. The zero-order chi connectivity index (χ0) is 19.6. The molecule has 146 valence electrons. The Kier molecular flexibility index (Phi) is 5.51. The van der Waals surface area contributed by atoms with Crippen LogP contribution in [0.25, 0.3) is 5.65 Å². The van der Waals surface area contributed by atoms with Gasteiger partial charge in [0.15, 0.2) is 17.2 Å². The topological polar surface area (TPSA) is 84.1 Å². The van der Waals surface area contributed by atoms with Crippen molar-refractivity contribution in [2.45, 2.75) is 39.5 Å². The van der Waals surface area contributed by atoms with Crippen molar-refractivity contribution in [2.24, 2.45) is 5.41 Å². The smallest absolute Gasteiger partial charge is 0.309 e. The number of ketones is 1. The van der Waals surface area contributed by atoms with Gasteiger partial charge in [0, 0.05) is 12.6 Å². The second-order valence-corrected chi connectivity index (χ2v) is 7.36. The Labute approximate surface area is 158 Å². The van der Waals surface area contributed by atoms with Crippen LogP contribution in [-0.2, 0) is 4.79 Å². The summed E-state index contributed by atoms with van der Waals surface area (Å²) in [7, 11) is 1.99. The Morgan fingerprint density at radius 2 is 2.04 bits per heavy atom. The van der Waals surface area contributed by atoms with Gasteiger partial charge in [-0.3, -0.25) is 14.0 Å². The summed E-state index contributed by atoms with van der Waals surface area (Å²) in [5.74, 6) is -0.232. The molecule has 1 aliphatic heterocycles. The number of hydrogen-bond acceptors (Lipinski definition) is 5. The van der Waals surface area contributed by atoms with Crippen molar-refractivity contribution in [3.8, 4) is 5.75 Å². The Balaban J connectivity index is 1.83. The molecule has 0 bridgehead atoms. The van der Waals surface area contributed by atoms with Crippen LogP contribution in [0.5, 0.6) is 5.75 Å². The SMILES string of the molecule is CCOc1cccn2c(C(=O)CCC3(C(=O)O)CCN(C)CC3)c(C)nc12. The molecule has 0 spiro atoms. The number of hydrogen-bond donors (Lipinski definition) is 1. The number of aliphatic carboxylic acids is 1. The molecule has 7 nitrogen and oxygen atoms in total. The van der Waals surface area contributed by atoms with Crippen LogP contribution in [0.4, 0.5) is 0 Å². The fourth-order valence-electron chi connectivity index (χ4n) is 3.85. The lowest BCUT2D eigenvalue weighted by Gasteiger charge is -2.37. The van der Waals surface area contributed by atoms with Crippen LogP contribution in [0.2, 0.25) is 0 Å². The normalized spacial score (nSPS) is 17.1. The molecule has 1 saturated heterocycles. The number of carbonyl (C=O) groups excluding carboxylic acids is 1. The minimum atomic E-state index is -0.812. The minimum absolute atomic E-state index is 0.0757. The number of piperidine rings is 1. The van der Waals surface area contributed by atoms with Gasteiger partial charge in [0.1, 0.15) is 5.69 Å². The Morgan fingerprint density at radius 1 is 1.33 bits per heavy atom. The lowest BCUT2D eigenvalue weighted by atomic mass is 9.74. The average molecular weight is 373 g/mol. The molecule has 0 saturated carbocycles. The Bertz CT molecular complexity index is 850. The summed E-state index contributed by atoms with van der Waals surface area (Å²) in [6.45, 7) is 5.71. The molecule has 3 rings (SSSR count). The predicted octanol–water partition coefficient (Wildman–Crippen LogP) is 2.80. The summed E-state index contributed by atoms with van der Waals surface area (Å²) in [5.41, 5.74) is 0.958. The lowest BCUT2D eigenvalue weighted by Crippen LogP contribution is -2.43. The molecule has 1 N–H and O–H groups in total. The van der Waals surface area contributed by atoms with Crippen molar-refractivity contribution in [3.63, 3.8) is 0 Å². The van der Waals surface area contributed by atoms with Gasteiger partial charge in [0.05, 0.1) is 17.7 Å². The number of likely N-dealkylation sites (tertiary alicyclic amines) is 1. The number of Topliss-reactive ketones (excluding diaryl/α,β-unsaturated/α-hetero) is 1. The highest BCUT2D eigenvalue weighted by atomic mass is 16.5. The van der Waals surface area contributed by atoms with E-state index in [9.17, 15) is 14.7 Å². The molecule has 1 aliphatic rings. The van der Waals surface area contributed by atoms with E-state index < -0.39 is 11.4 Å². The summed E-state index contributed by atoms with van der Waals surface area (Å²) < 4.78 is 7.36. The van der Waals surface area contributed by atoms with Crippen molar-refractivity contribution < 1.29 is 19.4 Å². The first-order chi connectivity index (χ1) is 12.9. The maximum absolute atomic E-state index is 13.0. The van der Waals surface area contributed by atoms with Crippen molar-refractivity contribution in [2.75, 3.05) is 26.7 Å². The highest BCUT2D eigenvalue weighted by Gasteiger charge is 2.41. The number of pyridine rings is 1. The standard InChI is InChI=1S/C20H27N3O4/c1-4-27-16-6-5-11-23-17(14(2)21-18(16)23)15(24)7-8-20(19(25)26)9-12-22(3)13-10-20/h5-6,11H,4,7-10,12-13H2,1-3H3,(H,25,26). The molecular formula is C20H27N3O4. The van der Waals surface area contributed by atoms with E-state index >= 15 is 0 Å². The molecule has 0 radical (unpaired) electrons. The number of aryl methyl sites for hydroxylation is 1. The lowest BCUT2D eigenvalue weighted by molar-refractivity contribution is -0.152. The molecular weight excluding hydrogens is 346 g/mol. The zero-order valence-corrected chi connectivity index (χ0v) is 16.2. The highest BCUT2D eigenvalue weighted by Crippen LogP contribution is 2.37. The fourth-order valence-corrected chi connectivity index (χ4v) is 3.85. The van der Waals surface area contributed by atoms with Gasteiger partial charge < -0.3 is 14.7 Å². The first kappa shape index (κ1) is 19.4. The largest absolute Gasteiger partial charge is 0.490 e. The number of ether oxygens (including phenoxy) is 1. The van der Waals surface area contributed by atoms with Crippen molar-refractivity contribution in [1.29, 1.82) is 0 Å². The molecule has 7 heteroatoms. The number of fused-ring (bicyclic) bond motifs is 1. The van der Waals surface area contributed by atoms with Crippen molar-refractivity contribution in [3.05, 3.63) is 29.7 Å². The van der Waals surface area contributed by atoms with Crippen LogP contribution in [-0.4, -0.2) is 57.9 Å². The number of carbonyl (C=O) groups is 2. The predicted molar refractivity (Wildman–Crippen MR) is 101 cm³/mol. The third-order valence-electron chi connectivity index (χ3n) is 5.58. The van der Waals surface area contributed by atoms with Gasteiger partial charge in [-0.2, -0.15) is 0 Å². The van der Waals surface area contributed by atoms with Crippen LogP contribution in [0.3, 0.4) is 0 Å². The van der Waals surface area contributed by atoms with Crippen LogP contribution >= 0.6 is 0 Å². The van der Waals surface area contributed by atoms with Gasteiger partial charge >= 0.3 is 5.97 Å². The van der Waals surface area contributed by atoms with Gasteiger partial charge in [0.25, 0.3) is 0 Å². The van der Waals surface area contributed by atoms with Gasteiger partial charge in [-0.15, -0.1) is 0 Å². The second-order valence-electron chi connectivity index (χ2n) is 7.36. The molecule has 0 aliphatic carbocycles. The van der Waals surface area contributed by atoms with Gasteiger partial charge in [-0.1, -0.05) is 0 Å². The Hall–Kier alpha value is -2.41. The van der Waals surface area contributed by atoms with Gasteiger partial charge in [-0.05, 0) is 65.4 Å². The van der Waals surface area contributed by atoms with E-state index in [1.165, 1.54) is 0 Å². The second kappa shape index (κ2) is 7.68. The van der Waals surface area contributed by atoms with E-state index in [-0.39, 0.29) is 12.2 Å². The number of aromatic nitrogens is 2. The molecule has 2 aromatic heterocycles. The van der Waals surface area contributed by atoms with Gasteiger partial charge in [0.2, 0.25) is 0 Å². The summed E-state index contributed by atoms with van der Waals surface area (Å²) in [6.07, 6.45) is 3.50. The number of carboxylic acid groups (broad SMARTS) is 1. The van der Waals surface area contributed by atoms with E-state index in [1.54, 1.807) is 17.5 Å². The summed E-state index contributed by atoms with van der Waals surface area (Å²) >= 11 is 0. The zero-order valence-electron chi connectivity index (χ0n) is 16.2. The van der Waals surface area contributed by atoms with Crippen LogP contribution in [0, 0.1) is 12.3 Å². The third kappa shape index (κ3) is 3.69. The number of imidazole rings is 1. The monoisotopic (exact) mass is 373 g/mol. The van der Waals surface area contributed by atoms with E-state index in [4.69, 9.17) is 4.74 Å². The fraction of sp³-hybridized carbons (Fsp3) is 0.550. The summed E-state index contributed by atoms with van der Waals surface area (Å²) in [4.78, 5) is 31.5. The highest BCUT2D eigenvalue weighted by molar-refractivity contribution is 5.97. The van der Waals surface area contributed by atoms with Crippen molar-refractivity contribution >= 4 is 17.4 Å². The quantitative estimate of drug-likeness (QED) is 0.752. The summed E-state index contributed by atoms with van der Waals surface area (Å²) in [6, 6.07) is 3.66. The third-order valence-corrected chi connectivity index (χ3v) is 5.58. The van der Waals surface area contributed by atoms with E-state index in [0.29, 0.717) is 48.7 Å². The molecule has 0 amide bonds. The van der Waals surface area contributed by atoms with Crippen LogP contribution in [0.1, 0.15) is 48.8 Å². The molecule has 2 aromatic rings. The van der Waals surface area contributed by atoms with E-state index in [2.05, 4.69) is 9.88 Å². The van der Waals surface area contributed by atoms with E-state index in [1.807, 2.05) is 26.1 Å². The maximum atomic E-state index is 13.0. The number of rotatable bonds is 7. The average Bonchev–Trinajstić information content (AvgIpc) is 2.98. The number of carboxylic acids is 1. The first-order valence-corrected chi connectivity index (χ1v) is 9.43. The van der Waals surface area contributed by atoms with Gasteiger partial charge in [-0.25, -0.2) is 4.98 Å². The molecule has 1 fully saturated rings. The van der Waals surface area contributed by atoms with Crippen molar-refractivity contribution in [1.82, 2.24) is 14.3 Å². The summed E-state index contributed by atoms with van der Waals surface area (Å²) in [5, 5.41) is 9.78. The van der Waals surface area contributed by atoms with Crippen LogP contribution in [0.15, 0.2) is 18.3 Å². The molecule has 0 aromatic carbocycles. The van der Waals surface area contributed by atoms with Crippen LogP contribution < -0.4 is 4.74 Å². The molecule has 0 unspecified atom stereocenters. The van der Waals surface area contributed by atoms with E-state index in [0.717, 1.165) is 13.1 Å². The Morgan fingerprint density at radius 3 is 2.67 bits per heavy atom. The molecule has 27 heavy (non-hydrogen) atoms. The number of nitrogens with zero attached hydrogens (tertiary/aromatic N) is 3. The molecule has 0 atom stereocenters. The maximum Gasteiger partial charge on any atom is 0.309 e. The molecule has 3 heterocycles. The minimum Gasteiger partial charge on any atom is -0.490 e.